The summed E-state index contributed by atoms with van der Waals surface area (Å²) < 4.78 is 43.3. The Balaban J connectivity index is 1.69. The zero-order valence-corrected chi connectivity index (χ0v) is 17.5. The van der Waals surface area contributed by atoms with Crippen molar-refractivity contribution in [3.8, 4) is 0 Å². The second-order valence-corrected chi connectivity index (χ2v) is 9.86. The number of amides is 1. The molecule has 3 atom stereocenters. The molecule has 3 aliphatic rings. The molecule has 29 heavy (non-hydrogen) atoms. The minimum atomic E-state index is -4.03. The summed E-state index contributed by atoms with van der Waals surface area (Å²) in [6.07, 6.45) is 6.79. The van der Waals surface area contributed by atoms with Crippen molar-refractivity contribution in [3.05, 3.63) is 47.4 Å². The predicted octanol–water partition coefficient (Wildman–Crippen LogP) is 3.12. The number of nitrogens with zero attached hydrogens (tertiary/aromatic N) is 3. The largest absolute Gasteiger partial charge is 0.345 e. The number of hydrogen-bond donors (Lipinski definition) is 0. The molecule has 0 N–H and O–H groups in total. The van der Waals surface area contributed by atoms with Crippen molar-refractivity contribution >= 4 is 21.8 Å². The zero-order chi connectivity index (χ0) is 20.8. The molecule has 156 valence electrons. The molecule has 1 aromatic carbocycles. The fraction of sp³-hybridized carbons (Fsp3) is 0.524. The van der Waals surface area contributed by atoms with Crippen molar-refractivity contribution in [2.24, 2.45) is 16.2 Å². The zero-order valence-electron chi connectivity index (χ0n) is 16.7. The number of likely N-dealkylation sites (N-methyl/N-ethyl adjacent to an activating group) is 1. The Labute approximate surface area is 171 Å². The van der Waals surface area contributed by atoms with Gasteiger partial charge in [0, 0.05) is 25.2 Å². The van der Waals surface area contributed by atoms with E-state index in [0.29, 0.717) is 23.9 Å². The summed E-state index contributed by atoms with van der Waals surface area (Å²) in [6.45, 7) is 2.88. The standard InChI is InChI=1S/C21H26FN3O3S/c1-14-11-12-25(19-6-4-3-5-17(14)19)21(26)20-13-18(23-29(27,28)24(20)2)15-7-9-16(22)10-8-15/h7-10,13-14,17,19H,3-6,11-12H2,1-2H3/t14-,17-,19+/m0/s1. The molecule has 0 spiro atoms. The van der Waals surface area contributed by atoms with Gasteiger partial charge in [0.05, 0.1) is 5.71 Å². The van der Waals surface area contributed by atoms with Crippen LogP contribution in [0.15, 0.2) is 40.4 Å². The molecule has 1 saturated heterocycles. The molecule has 4 rings (SSSR count). The van der Waals surface area contributed by atoms with Crippen LogP contribution in [-0.4, -0.2) is 48.9 Å². The van der Waals surface area contributed by atoms with Gasteiger partial charge in [-0.25, -0.2) is 8.70 Å². The van der Waals surface area contributed by atoms with E-state index < -0.39 is 16.0 Å². The highest BCUT2D eigenvalue weighted by Gasteiger charge is 2.42. The van der Waals surface area contributed by atoms with Crippen LogP contribution >= 0.6 is 0 Å². The average Bonchev–Trinajstić information content (AvgIpc) is 2.70. The Morgan fingerprint density at radius 1 is 1.14 bits per heavy atom. The van der Waals surface area contributed by atoms with Crippen LogP contribution in [0, 0.1) is 17.7 Å². The molecule has 0 aromatic heterocycles. The van der Waals surface area contributed by atoms with Crippen LogP contribution in [0.25, 0.3) is 0 Å². The summed E-state index contributed by atoms with van der Waals surface area (Å²) in [7, 11) is -2.67. The van der Waals surface area contributed by atoms with Crippen LogP contribution in [0.5, 0.6) is 0 Å². The number of carbonyl (C=O) groups is 1. The van der Waals surface area contributed by atoms with E-state index in [2.05, 4.69) is 11.3 Å². The minimum Gasteiger partial charge on any atom is -0.334 e. The number of hydrogen-bond acceptors (Lipinski definition) is 3. The molecule has 0 bridgehead atoms. The Morgan fingerprint density at radius 3 is 2.55 bits per heavy atom. The van der Waals surface area contributed by atoms with Gasteiger partial charge in [0.2, 0.25) is 0 Å². The number of likely N-dealkylation sites (tertiary alicyclic amines) is 1. The fourth-order valence-electron chi connectivity index (χ4n) is 4.82. The number of allylic oxidation sites excluding steroid dienone is 1. The number of halogens is 1. The maximum absolute atomic E-state index is 13.5. The molecule has 2 heterocycles. The maximum atomic E-state index is 13.5. The fourth-order valence-corrected chi connectivity index (χ4v) is 5.73. The molecule has 2 fully saturated rings. The number of carbonyl (C=O) groups excluding carboxylic acids is 1. The number of fused-ring (bicyclic) bond motifs is 1. The molecule has 0 radical (unpaired) electrons. The van der Waals surface area contributed by atoms with Gasteiger partial charge in [0.1, 0.15) is 11.5 Å². The second kappa shape index (κ2) is 7.55. The first kappa shape index (κ1) is 20.1. The van der Waals surface area contributed by atoms with Crippen molar-refractivity contribution in [2.75, 3.05) is 13.6 Å². The summed E-state index contributed by atoms with van der Waals surface area (Å²) in [6, 6.07) is 5.58. The third kappa shape index (κ3) is 3.70. The first-order valence-electron chi connectivity index (χ1n) is 10.2. The summed E-state index contributed by atoms with van der Waals surface area (Å²) in [5, 5.41) is 0. The lowest BCUT2D eigenvalue weighted by Crippen LogP contribution is -2.54. The first-order chi connectivity index (χ1) is 13.8. The van der Waals surface area contributed by atoms with Crippen LogP contribution in [0.2, 0.25) is 0 Å². The van der Waals surface area contributed by atoms with E-state index in [1.54, 1.807) is 0 Å². The van der Waals surface area contributed by atoms with E-state index in [1.165, 1.54) is 43.8 Å². The molecule has 0 unspecified atom stereocenters. The Bertz CT molecular complexity index is 971. The van der Waals surface area contributed by atoms with E-state index in [4.69, 9.17) is 0 Å². The van der Waals surface area contributed by atoms with Gasteiger partial charge in [-0.15, -0.1) is 4.40 Å². The van der Waals surface area contributed by atoms with Crippen LogP contribution in [-0.2, 0) is 15.0 Å². The first-order valence-corrected chi connectivity index (χ1v) is 11.5. The van der Waals surface area contributed by atoms with Crippen LogP contribution < -0.4 is 0 Å². The average molecular weight is 420 g/mol. The minimum absolute atomic E-state index is 0.0956. The smallest absolute Gasteiger partial charge is 0.334 e. The van der Waals surface area contributed by atoms with Gasteiger partial charge in [-0.05, 0) is 61.4 Å². The monoisotopic (exact) mass is 419 g/mol. The maximum Gasteiger partial charge on any atom is 0.345 e. The van der Waals surface area contributed by atoms with Gasteiger partial charge in [0.25, 0.3) is 5.91 Å². The van der Waals surface area contributed by atoms with E-state index in [-0.39, 0.29) is 23.4 Å². The molecule has 6 nitrogen and oxygen atoms in total. The second-order valence-electron chi connectivity index (χ2n) is 8.24. The molecular formula is C21H26FN3O3S. The normalized spacial score (nSPS) is 29.0. The lowest BCUT2D eigenvalue weighted by Gasteiger charge is -2.47. The third-order valence-electron chi connectivity index (χ3n) is 6.53. The van der Waals surface area contributed by atoms with Crippen LogP contribution in [0.3, 0.4) is 0 Å². The quantitative estimate of drug-likeness (QED) is 0.740. The van der Waals surface area contributed by atoms with Gasteiger partial charge in [-0.2, -0.15) is 8.42 Å². The van der Waals surface area contributed by atoms with E-state index >= 15 is 0 Å². The van der Waals surface area contributed by atoms with Crippen molar-refractivity contribution in [1.82, 2.24) is 9.21 Å². The summed E-state index contributed by atoms with van der Waals surface area (Å²) in [5.74, 6) is 0.353. The van der Waals surface area contributed by atoms with Gasteiger partial charge < -0.3 is 4.90 Å². The predicted molar refractivity (Wildman–Crippen MR) is 109 cm³/mol. The SMILES string of the molecule is C[C@H]1CCN(C(=O)C2=CC(c3ccc(F)cc3)=NS(=O)(=O)N2C)[C@@H]2CCCC[C@H]21. The Morgan fingerprint density at radius 2 is 1.83 bits per heavy atom. The van der Waals surface area contributed by atoms with E-state index in [9.17, 15) is 17.6 Å². The molecule has 1 aliphatic carbocycles. The topological polar surface area (TPSA) is 70.0 Å². The summed E-state index contributed by atoms with van der Waals surface area (Å²) in [5.41, 5.74) is 0.700. The van der Waals surface area contributed by atoms with Crippen LogP contribution in [0.1, 0.15) is 44.6 Å². The van der Waals surface area contributed by atoms with E-state index in [0.717, 1.165) is 30.0 Å². The van der Waals surface area contributed by atoms with Crippen molar-refractivity contribution < 1.29 is 17.6 Å². The van der Waals surface area contributed by atoms with E-state index in [1.807, 2.05) is 4.90 Å². The number of piperidine rings is 1. The van der Waals surface area contributed by atoms with Gasteiger partial charge in [-0.3, -0.25) is 4.79 Å². The molecule has 8 heteroatoms. The molecule has 1 aromatic rings. The Hall–Kier alpha value is -2.22. The summed E-state index contributed by atoms with van der Waals surface area (Å²) in [4.78, 5) is 15.4. The third-order valence-corrected chi connectivity index (χ3v) is 7.85. The van der Waals surface area contributed by atoms with Gasteiger partial charge >= 0.3 is 10.2 Å². The lowest BCUT2D eigenvalue weighted by molar-refractivity contribution is -0.135. The molecular weight excluding hydrogens is 393 g/mol. The Kier molecular flexibility index (Phi) is 5.23. The van der Waals surface area contributed by atoms with Crippen molar-refractivity contribution in [3.63, 3.8) is 0 Å². The number of benzene rings is 1. The highest BCUT2D eigenvalue weighted by atomic mass is 32.2. The van der Waals surface area contributed by atoms with Gasteiger partial charge in [0.15, 0.2) is 0 Å². The molecule has 1 amide bonds. The molecule has 2 aliphatic heterocycles. The van der Waals surface area contributed by atoms with Crippen molar-refractivity contribution in [2.45, 2.75) is 45.1 Å². The highest BCUT2D eigenvalue weighted by molar-refractivity contribution is 7.88. The summed E-state index contributed by atoms with van der Waals surface area (Å²) >= 11 is 0. The van der Waals surface area contributed by atoms with Crippen molar-refractivity contribution in [1.29, 1.82) is 0 Å². The van der Waals surface area contributed by atoms with Crippen LogP contribution in [0.4, 0.5) is 4.39 Å². The lowest BCUT2D eigenvalue weighted by atomic mass is 9.72. The van der Waals surface area contributed by atoms with Gasteiger partial charge in [-0.1, -0.05) is 19.8 Å². The molecule has 1 saturated carbocycles. The highest BCUT2D eigenvalue weighted by Crippen LogP contribution is 2.39. The number of rotatable bonds is 2.